The number of rotatable bonds is 5. The fourth-order valence-electron chi connectivity index (χ4n) is 2.68. The molecule has 0 radical (unpaired) electrons. The van der Waals surface area contributed by atoms with Gasteiger partial charge in [-0.2, -0.15) is 4.98 Å². The van der Waals surface area contributed by atoms with Crippen LogP contribution in [0.4, 0.5) is 0 Å². The van der Waals surface area contributed by atoms with Crippen molar-refractivity contribution in [1.29, 1.82) is 0 Å². The summed E-state index contributed by atoms with van der Waals surface area (Å²) in [5, 5.41) is 10.0. The van der Waals surface area contributed by atoms with Crippen molar-refractivity contribution < 1.29 is 14.1 Å². The minimum atomic E-state index is -0.364. The molecule has 7 heteroatoms. The van der Waals surface area contributed by atoms with E-state index in [4.69, 9.17) is 9.26 Å². The van der Waals surface area contributed by atoms with Crippen LogP contribution in [0.15, 0.2) is 34.9 Å². The van der Waals surface area contributed by atoms with Crippen LogP contribution in [-0.2, 0) is 16.0 Å². The zero-order valence-electron chi connectivity index (χ0n) is 13.9. The van der Waals surface area contributed by atoms with E-state index in [2.05, 4.69) is 20.8 Å². The van der Waals surface area contributed by atoms with Gasteiger partial charge < -0.3 is 19.9 Å². The average molecular weight is 330 g/mol. The van der Waals surface area contributed by atoms with Crippen LogP contribution in [-0.4, -0.2) is 41.3 Å². The Morgan fingerprint density at radius 3 is 2.96 bits per heavy atom. The summed E-state index contributed by atoms with van der Waals surface area (Å²) in [5.41, 5.74) is 1.10. The SMILES string of the molecule is CC(NC(=O)[C@H]1NCCO[C@@H]1C)c1noc(Cc2ccccc2)n1. The predicted octanol–water partition coefficient (Wildman–Crippen LogP) is 1.21. The van der Waals surface area contributed by atoms with Crippen LogP contribution in [0.1, 0.15) is 37.2 Å². The first-order chi connectivity index (χ1) is 11.6. The van der Waals surface area contributed by atoms with Crippen LogP contribution in [0.5, 0.6) is 0 Å². The molecule has 7 nitrogen and oxygen atoms in total. The summed E-state index contributed by atoms with van der Waals surface area (Å²) in [7, 11) is 0. The highest BCUT2D eigenvalue weighted by atomic mass is 16.5. The van der Waals surface area contributed by atoms with Crippen molar-refractivity contribution in [2.24, 2.45) is 0 Å². The van der Waals surface area contributed by atoms with Gasteiger partial charge in [-0.1, -0.05) is 35.5 Å². The largest absolute Gasteiger partial charge is 0.375 e. The van der Waals surface area contributed by atoms with Gasteiger partial charge in [-0.3, -0.25) is 4.79 Å². The van der Waals surface area contributed by atoms with E-state index in [1.807, 2.05) is 44.2 Å². The zero-order valence-corrected chi connectivity index (χ0v) is 13.9. The molecule has 1 aromatic carbocycles. The Balaban J connectivity index is 1.59. The van der Waals surface area contributed by atoms with Crippen LogP contribution in [0.25, 0.3) is 0 Å². The molecule has 1 aliphatic heterocycles. The molecule has 0 bridgehead atoms. The summed E-state index contributed by atoms with van der Waals surface area (Å²) in [4.78, 5) is 16.7. The quantitative estimate of drug-likeness (QED) is 0.857. The summed E-state index contributed by atoms with van der Waals surface area (Å²) in [6.45, 7) is 5.01. The summed E-state index contributed by atoms with van der Waals surface area (Å²) in [6.07, 6.45) is 0.411. The number of morpholine rings is 1. The van der Waals surface area contributed by atoms with Gasteiger partial charge in [-0.15, -0.1) is 0 Å². The van der Waals surface area contributed by atoms with E-state index in [0.29, 0.717) is 31.3 Å². The molecule has 1 aliphatic rings. The van der Waals surface area contributed by atoms with Crippen molar-refractivity contribution in [3.05, 3.63) is 47.6 Å². The van der Waals surface area contributed by atoms with Gasteiger partial charge >= 0.3 is 0 Å². The fourth-order valence-corrected chi connectivity index (χ4v) is 2.68. The minimum Gasteiger partial charge on any atom is -0.375 e. The van der Waals surface area contributed by atoms with Gasteiger partial charge in [-0.05, 0) is 19.4 Å². The first-order valence-electron chi connectivity index (χ1n) is 8.15. The normalized spacial score (nSPS) is 22.1. The van der Waals surface area contributed by atoms with Crippen molar-refractivity contribution in [2.75, 3.05) is 13.2 Å². The van der Waals surface area contributed by atoms with Crippen molar-refractivity contribution in [1.82, 2.24) is 20.8 Å². The predicted molar refractivity (Wildman–Crippen MR) is 87.3 cm³/mol. The van der Waals surface area contributed by atoms with Crippen LogP contribution in [0, 0.1) is 0 Å². The van der Waals surface area contributed by atoms with Crippen LogP contribution < -0.4 is 10.6 Å². The molecule has 24 heavy (non-hydrogen) atoms. The molecule has 1 fully saturated rings. The summed E-state index contributed by atoms with van der Waals surface area (Å²) in [6, 6.07) is 9.21. The molecule has 1 unspecified atom stereocenters. The molecule has 2 aromatic rings. The number of nitrogens with one attached hydrogen (secondary N) is 2. The Kier molecular flexibility index (Phi) is 5.22. The van der Waals surface area contributed by atoms with Crippen LogP contribution in [0.2, 0.25) is 0 Å². The lowest BCUT2D eigenvalue weighted by atomic mass is 10.1. The summed E-state index contributed by atoms with van der Waals surface area (Å²) >= 11 is 0. The molecule has 2 heterocycles. The first kappa shape index (κ1) is 16.6. The smallest absolute Gasteiger partial charge is 0.240 e. The Morgan fingerprint density at radius 2 is 2.21 bits per heavy atom. The molecule has 0 saturated carbocycles. The molecule has 3 rings (SSSR count). The third kappa shape index (κ3) is 3.98. The lowest BCUT2D eigenvalue weighted by Crippen LogP contribution is -2.55. The highest BCUT2D eigenvalue weighted by molar-refractivity contribution is 5.82. The van der Waals surface area contributed by atoms with E-state index >= 15 is 0 Å². The van der Waals surface area contributed by atoms with Gasteiger partial charge in [0.25, 0.3) is 0 Å². The molecule has 0 aliphatic carbocycles. The molecule has 1 amide bonds. The number of carbonyl (C=O) groups is 1. The van der Waals surface area contributed by atoms with E-state index in [1.165, 1.54) is 0 Å². The molecule has 1 aromatic heterocycles. The molecule has 1 saturated heterocycles. The molecule has 128 valence electrons. The van der Waals surface area contributed by atoms with Crippen LogP contribution >= 0.6 is 0 Å². The van der Waals surface area contributed by atoms with E-state index in [9.17, 15) is 4.79 Å². The number of benzene rings is 1. The van der Waals surface area contributed by atoms with Crippen molar-refractivity contribution >= 4 is 5.91 Å². The Hall–Kier alpha value is -2.25. The number of nitrogens with zero attached hydrogens (tertiary/aromatic N) is 2. The number of ether oxygens (including phenoxy) is 1. The van der Waals surface area contributed by atoms with E-state index < -0.39 is 0 Å². The fraction of sp³-hybridized carbons (Fsp3) is 0.471. The first-order valence-corrected chi connectivity index (χ1v) is 8.15. The second kappa shape index (κ2) is 7.55. The molecular formula is C17H22N4O3. The van der Waals surface area contributed by atoms with Gasteiger partial charge in [-0.25, -0.2) is 0 Å². The zero-order chi connectivity index (χ0) is 16.9. The molecule has 3 atom stereocenters. The Labute approximate surface area is 140 Å². The Morgan fingerprint density at radius 1 is 1.42 bits per heavy atom. The van der Waals surface area contributed by atoms with Gasteiger partial charge in [0, 0.05) is 6.54 Å². The Bertz CT molecular complexity index is 673. The highest BCUT2D eigenvalue weighted by Crippen LogP contribution is 2.13. The maximum atomic E-state index is 12.4. The van der Waals surface area contributed by atoms with Gasteiger partial charge in [0.1, 0.15) is 6.04 Å². The standard InChI is InChI=1S/C17H22N4O3/c1-11(19-17(22)15-12(2)23-9-8-18-15)16-20-14(24-21-16)10-13-6-4-3-5-7-13/h3-7,11-12,15,18H,8-10H2,1-2H3,(H,19,22)/t11?,12-,15+/m1/s1. The van der Waals surface area contributed by atoms with Crippen molar-refractivity contribution in [3.63, 3.8) is 0 Å². The van der Waals surface area contributed by atoms with E-state index in [1.54, 1.807) is 0 Å². The summed E-state index contributed by atoms with van der Waals surface area (Å²) < 4.78 is 10.8. The number of hydrogen-bond donors (Lipinski definition) is 2. The second-order valence-electron chi connectivity index (χ2n) is 5.95. The average Bonchev–Trinajstić information content (AvgIpc) is 3.04. The summed E-state index contributed by atoms with van der Waals surface area (Å²) in [5.74, 6) is 0.882. The number of amides is 1. The number of aromatic nitrogens is 2. The monoisotopic (exact) mass is 330 g/mol. The van der Waals surface area contributed by atoms with E-state index in [0.717, 1.165) is 5.56 Å². The van der Waals surface area contributed by atoms with Gasteiger partial charge in [0.15, 0.2) is 5.82 Å². The number of carbonyl (C=O) groups excluding carboxylic acids is 1. The van der Waals surface area contributed by atoms with Crippen molar-refractivity contribution in [3.8, 4) is 0 Å². The lowest BCUT2D eigenvalue weighted by molar-refractivity contribution is -0.129. The topological polar surface area (TPSA) is 89.3 Å². The lowest BCUT2D eigenvalue weighted by Gasteiger charge is -2.29. The minimum absolute atomic E-state index is 0.121. The maximum Gasteiger partial charge on any atom is 0.240 e. The highest BCUT2D eigenvalue weighted by Gasteiger charge is 2.29. The maximum absolute atomic E-state index is 12.4. The molecule has 0 spiro atoms. The van der Waals surface area contributed by atoms with Gasteiger partial charge in [0.05, 0.1) is 25.2 Å². The van der Waals surface area contributed by atoms with Gasteiger partial charge in [0.2, 0.25) is 11.8 Å². The van der Waals surface area contributed by atoms with Crippen molar-refractivity contribution in [2.45, 2.75) is 38.5 Å². The third-order valence-corrected chi connectivity index (χ3v) is 4.03. The molecule has 2 N–H and O–H groups in total. The second-order valence-corrected chi connectivity index (χ2v) is 5.95. The number of hydrogen-bond acceptors (Lipinski definition) is 6. The third-order valence-electron chi connectivity index (χ3n) is 4.03. The van der Waals surface area contributed by atoms with E-state index in [-0.39, 0.29) is 24.1 Å². The van der Waals surface area contributed by atoms with Crippen LogP contribution in [0.3, 0.4) is 0 Å². The molecular weight excluding hydrogens is 308 g/mol.